The summed E-state index contributed by atoms with van der Waals surface area (Å²) in [6.07, 6.45) is 1.54. The van der Waals surface area contributed by atoms with Gasteiger partial charge in [0.2, 0.25) is 0 Å². The minimum atomic E-state index is -0.438. The Hall–Kier alpha value is -3.52. The molecule has 1 aromatic carbocycles. The first-order valence-electron chi connectivity index (χ1n) is 11.6. The Kier molecular flexibility index (Phi) is 5.91. The van der Waals surface area contributed by atoms with E-state index in [4.69, 9.17) is 9.72 Å². The smallest absolute Gasteiger partial charge is 0.260 e. The van der Waals surface area contributed by atoms with Crippen molar-refractivity contribution in [3.8, 4) is 17.0 Å². The highest BCUT2D eigenvalue weighted by Crippen LogP contribution is 2.38. The van der Waals surface area contributed by atoms with E-state index >= 15 is 0 Å². The van der Waals surface area contributed by atoms with Crippen LogP contribution in [0.5, 0.6) is 5.75 Å². The van der Waals surface area contributed by atoms with Crippen LogP contribution in [0.15, 0.2) is 48.7 Å². The lowest BCUT2D eigenvalue weighted by Gasteiger charge is -2.37. The molecule has 2 aliphatic heterocycles. The van der Waals surface area contributed by atoms with Gasteiger partial charge in [0.15, 0.2) is 0 Å². The van der Waals surface area contributed by atoms with Crippen LogP contribution in [0.3, 0.4) is 0 Å². The van der Waals surface area contributed by atoms with Crippen molar-refractivity contribution >= 4 is 17.5 Å². The fourth-order valence-electron chi connectivity index (χ4n) is 4.74. The van der Waals surface area contributed by atoms with Crippen LogP contribution in [0.2, 0.25) is 0 Å². The molecule has 5 rings (SSSR count). The van der Waals surface area contributed by atoms with Crippen LogP contribution in [0.25, 0.3) is 11.3 Å². The summed E-state index contributed by atoms with van der Waals surface area (Å²) in [7, 11) is 1.50. The highest BCUT2D eigenvalue weighted by molar-refractivity contribution is 6.10. The van der Waals surface area contributed by atoms with Gasteiger partial charge in [0.1, 0.15) is 23.2 Å². The van der Waals surface area contributed by atoms with E-state index in [0.717, 1.165) is 32.0 Å². The third-order valence-electron chi connectivity index (χ3n) is 6.64. The molecule has 0 spiro atoms. The van der Waals surface area contributed by atoms with Crippen LogP contribution in [0, 0.1) is 5.82 Å². The molecule has 1 saturated heterocycles. The summed E-state index contributed by atoms with van der Waals surface area (Å²) in [5, 5.41) is 0. The van der Waals surface area contributed by atoms with Crippen molar-refractivity contribution in [2.45, 2.75) is 26.4 Å². The lowest BCUT2D eigenvalue weighted by Crippen LogP contribution is -2.49. The quantitative estimate of drug-likeness (QED) is 0.573. The standard InChI is InChI=1S/C26H28FN5O2/c1-17(2)30-12-14-31(15-13-30)22-8-5-9-23(29-22)32-16-19-18(26(32)33)10-11-28-25(19)24-20(27)6-4-7-21(24)34-3/h4-11,17H,12-16H2,1-3H3. The van der Waals surface area contributed by atoms with E-state index in [-0.39, 0.29) is 18.0 Å². The predicted octanol–water partition coefficient (Wildman–Crippen LogP) is 3.98. The van der Waals surface area contributed by atoms with Crippen LogP contribution in [-0.2, 0) is 6.54 Å². The Morgan fingerprint density at radius 3 is 2.47 bits per heavy atom. The second kappa shape index (κ2) is 9.02. The van der Waals surface area contributed by atoms with E-state index < -0.39 is 5.82 Å². The fraction of sp³-hybridized carbons (Fsp3) is 0.346. The van der Waals surface area contributed by atoms with Gasteiger partial charge in [0.05, 0.1) is 24.9 Å². The molecule has 2 aliphatic rings. The molecule has 0 N–H and O–H groups in total. The van der Waals surface area contributed by atoms with Crippen LogP contribution in [-0.4, -0.2) is 60.1 Å². The zero-order valence-electron chi connectivity index (χ0n) is 19.7. The zero-order valence-corrected chi connectivity index (χ0v) is 19.7. The van der Waals surface area contributed by atoms with Gasteiger partial charge < -0.3 is 9.64 Å². The average molecular weight is 462 g/mol. The van der Waals surface area contributed by atoms with Gasteiger partial charge in [-0.3, -0.25) is 19.6 Å². The maximum Gasteiger partial charge on any atom is 0.260 e. The van der Waals surface area contributed by atoms with Gasteiger partial charge >= 0.3 is 0 Å². The predicted molar refractivity (Wildman–Crippen MR) is 130 cm³/mol. The summed E-state index contributed by atoms with van der Waals surface area (Å²) in [4.78, 5) is 28.9. The van der Waals surface area contributed by atoms with E-state index in [1.807, 2.05) is 18.2 Å². The molecule has 7 nitrogen and oxygen atoms in total. The lowest BCUT2D eigenvalue weighted by atomic mass is 10.0. The topological polar surface area (TPSA) is 61.8 Å². The van der Waals surface area contributed by atoms with Crippen molar-refractivity contribution in [1.82, 2.24) is 14.9 Å². The molecule has 4 heterocycles. The van der Waals surface area contributed by atoms with E-state index in [2.05, 4.69) is 28.6 Å². The molecule has 0 saturated carbocycles. The maximum atomic E-state index is 14.8. The number of anilines is 2. The number of methoxy groups -OCH3 is 1. The summed E-state index contributed by atoms with van der Waals surface area (Å²) < 4.78 is 20.2. The zero-order chi connectivity index (χ0) is 23.8. The number of halogens is 1. The Balaban J connectivity index is 1.45. The molecule has 0 radical (unpaired) electrons. The summed E-state index contributed by atoms with van der Waals surface area (Å²) in [6, 6.07) is 12.6. The number of piperazine rings is 1. The van der Waals surface area contributed by atoms with Crippen molar-refractivity contribution in [3.63, 3.8) is 0 Å². The van der Waals surface area contributed by atoms with Gasteiger partial charge in [-0.25, -0.2) is 9.37 Å². The second-order valence-corrected chi connectivity index (χ2v) is 8.86. The molecule has 0 atom stereocenters. The van der Waals surface area contributed by atoms with Gasteiger partial charge in [-0.2, -0.15) is 0 Å². The van der Waals surface area contributed by atoms with Gasteiger partial charge in [0.25, 0.3) is 5.91 Å². The number of hydrogen-bond acceptors (Lipinski definition) is 6. The highest BCUT2D eigenvalue weighted by Gasteiger charge is 2.33. The lowest BCUT2D eigenvalue weighted by molar-refractivity contribution is 0.0996. The Bertz CT molecular complexity index is 1220. The number of ether oxygens (including phenoxy) is 1. The SMILES string of the molecule is COc1cccc(F)c1-c1nccc2c1CN(c1cccc(N3CCN(C(C)C)CC3)n1)C2=O. The Morgan fingerprint density at radius 1 is 1.00 bits per heavy atom. The largest absolute Gasteiger partial charge is 0.496 e. The molecule has 1 amide bonds. The number of hydrogen-bond donors (Lipinski definition) is 0. The van der Waals surface area contributed by atoms with Crippen molar-refractivity contribution in [2.24, 2.45) is 0 Å². The number of benzene rings is 1. The third kappa shape index (κ3) is 3.88. The molecule has 3 aromatic rings. The highest BCUT2D eigenvalue weighted by atomic mass is 19.1. The molecule has 34 heavy (non-hydrogen) atoms. The number of amides is 1. The summed E-state index contributed by atoms with van der Waals surface area (Å²) in [6.45, 7) is 8.45. The third-order valence-corrected chi connectivity index (χ3v) is 6.64. The molecule has 2 aromatic heterocycles. The molecule has 0 bridgehead atoms. The molecule has 0 unspecified atom stereocenters. The van der Waals surface area contributed by atoms with Crippen molar-refractivity contribution < 1.29 is 13.9 Å². The molecule has 1 fully saturated rings. The maximum absolute atomic E-state index is 14.8. The monoisotopic (exact) mass is 461 g/mol. The van der Waals surface area contributed by atoms with E-state index in [1.165, 1.54) is 13.2 Å². The van der Waals surface area contributed by atoms with Crippen LogP contribution < -0.4 is 14.5 Å². The first-order valence-corrected chi connectivity index (χ1v) is 11.6. The van der Waals surface area contributed by atoms with Crippen molar-refractivity contribution in [1.29, 1.82) is 0 Å². The van der Waals surface area contributed by atoms with E-state index in [1.54, 1.807) is 29.3 Å². The summed E-state index contributed by atoms with van der Waals surface area (Å²) in [5.41, 5.74) is 1.87. The first kappa shape index (κ1) is 22.3. The first-order chi connectivity index (χ1) is 16.5. The number of fused-ring (bicyclic) bond motifs is 1. The molecular weight excluding hydrogens is 433 g/mol. The van der Waals surface area contributed by atoms with Gasteiger partial charge in [-0.15, -0.1) is 0 Å². The van der Waals surface area contributed by atoms with Gasteiger partial charge in [-0.05, 0) is 44.2 Å². The van der Waals surface area contributed by atoms with Gasteiger partial charge in [-0.1, -0.05) is 12.1 Å². The van der Waals surface area contributed by atoms with Gasteiger partial charge in [0, 0.05) is 49.5 Å². The van der Waals surface area contributed by atoms with Crippen LogP contribution in [0.1, 0.15) is 29.8 Å². The number of carbonyl (C=O) groups is 1. The Labute approximate surface area is 198 Å². The Morgan fingerprint density at radius 2 is 1.74 bits per heavy atom. The molecular formula is C26H28FN5O2. The normalized spacial score (nSPS) is 16.3. The van der Waals surface area contributed by atoms with Crippen molar-refractivity contribution in [3.05, 3.63) is 65.6 Å². The summed E-state index contributed by atoms with van der Waals surface area (Å²) >= 11 is 0. The average Bonchev–Trinajstić information content (AvgIpc) is 3.21. The molecule has 8 heteroatoms. The van der Waals surface area contributed by atoms with E-state index in [0.29, 0.717) is 34.4 Å². The molecule has 0 aliphatic carbocycles. The van der Waals surface area contributed by atoms with Crippen LogP contribution >= 0.6 is 0 Å². The number of aromatic nitrogens is 2. The second-order valence-electron chi connectivity index (χ2n) is 8.86. The minimum absolute atomic E-state index is 0.164. The fourth-order valence-corrected chi connectivity index (χ4v) is 4.74. The number of carbonyl (C=O) groups excluding carboxylic acids is 1. The van der Waals surface area contributed by atoms with Crippen molar-refractivity contribution in [2.75, 3.05) is 43.1 Å². The van der Waals surface area contributed by atoms with E-state index in [9.17, 15) is 9.18 Å². The number of rotatable bonds is 5. The number of pyridine rings is 2. The van der Waals surface area contributed by atoms with Crippen LogP contribution in [0.4, 0.5) is 16.0 Å². The molecule has 176 valence electrons. The minimum Gasteiger partial charge on any atom is -0.496 e. The number of nitrogens with zero attached hydrogens (tertiary/aromatic N) is 5. The summed E-state index contributed by atoms with van der Waals surface area (Å²) in [5.74, 6) is 1.22.